The van der Waals surface area contributed by atoms with Crippen molar-refractivity contribution in [2.24, 2.45) is 0 Å². The van der Waals surface area contributed by atoms with E-state index in [0.717, 1.165) is 16.8 Å². The quantitative estimate of drug-likeness (QED) is 0.390. The molecule has 184 valence electrons. The fourth-order valence-electron chi connectivity index (χ4n) is 4.17. The summed E-state index contributed by atoms with van der Waals surface area (Å²) in [6.07, 6.45) is 3.42. The Morgan fingerprint density at radius 1 is 0.889 bits per heavy atom. The standard InChI is InChI=1S/C26H24F2N6O2/c27-25(28)36-21-9-7-19(8-10-21)22-17-23(20-5-2-1-3-6-20)34(31-22)18-24(35)32-13-15-33(16-14-32)26-29-11-4-12-30-26/h1-12,17,25H,13-16,18H2. The molecule has 0 bridgehead atoms. The van der Waals surface area contributed by atoms with Crippen molar-refractivity contribution in [3.05, 3.63) is 79.1 Å². The van der Waals surface area contributed by atoms with Gasteiger partial charge in [-0.15, -0.1) is 0 Å². The second kappa shape index (κ2) is 10.5. The first kappa shape index (κ1) is 23.4. The molecule has 0 unspecified atom stereocenters. The van der Waals surface area contributed by atoms with Gasteiger partial charge in [0.05, 0.1) is 11.4 Å². The van der Waals surface area contributed by atoms with E-state index >= 15 is 0 Å². The van der Waals surface area contributed by atoms with Crippen LogP contribution in [0, 0.1) is 0 Å². The van der Waals surface area contributed by atoms with Crippen LogP contribution >= 0.6 is 0 Å². The largest absolute Gasteiger partial charge is 0.435 e. The van der Waals surface area contributed by atoms with Crippen LogP contribution in [0.25, 0.3) is 22.5 Å². The zero-order chi connectivity index (χ0) is 24.9. The fourth-order valence-corrected chi connectivity index (χ4v) is 4.17. The number of piperazine rings is 1. The van der Waals surface area contributed by atoms with Gasteiger partial charge in [0.15, 0.2) is 0 Å². The third-order valence-electron chi connectivity index (χ3n) is 5.98. The molecular formula is C26H24F2N6O2. The van der Waals surface area contributed by atoms with Gasteiger partial charge in [0.1, 0.15) is 12.3 Å². The Morgan fingerprint density at radius 3 is 2.25 bits per heavy atom. The summed E-state index contributed by atoms with van der Waals surface area (Å²) in [7, 11) is 0. The van der Waals surface area contributed by atoms with Crippen molar-refractivity contribution in [3.63, 3.8) is 0 Å². The Labute approximate surface area is 206 Å². The van der Waals surface area contributed by atoms with Crippen LogP contribution < -0.4 is 9.64 Å². The number of amides is 1. The van der Waals surface area contributed by atoms with Crippen LogP contribution in [0.3, 0.4) is 0 Å². The van der Waals surface area contributed by atoms with E-state index in [0.29, 0.717) is 37.8 Å². The number of halogens is 2. The third kappa shape index (κ3) is 5.32. The van der Waals surface area contributed by atoms with Crippen LogP contribution in [0.4, 0.5) is 14.7 Å². The van der Waals surface area contributed by atoms with E-state index in [1.807, 2.05) is 41.3 Å². The predicted octanol–water partition coefficient (Wildman–Crippen LogP) is 3.96. The molecule has 2 aromatic heterocycles. The number of hydrogen-bond donors (Lipinski definition) is 0. The number of aromatic nitrogens is 4. The molecule has 0 N–H and O–H groups in total. The molecule has 0 saturated carbocycles. The van der Waals surface area contributed by atoms with Gasteiger partial charge >= 0.3 is 6.61 Å². The predicted molar refractivity (Wildman–Crippen MR) is 131 cm³/mol. The van der Waals surface area contributed by atoms with Crippen molar-refractivity contribution < 1.29 is 18.3 Å². The minimum absolute atomic E-state index is 0.0313. The topological polar surface area (TPSA) is 76.4 Å². The molecule has 0 radical (unpaired) electrons. The van der Waals surface area contributed by atoms with Gasteiger partial charge in [-0.25, -0.2) is 9.97 Å². The molecule has 3 heterocycles. The van der Waals surface area contributed by atoms with Crippen molar-refractivity contribution in [1.29, 1.82) is 0 Å². The maximum absolute atomic E-state index is 13.2. The molecule has 1 aliphatic rings. The Balaban J connectivity index is 1.34. The maximum Gasteiger partial charge on any atom is 0.387 e. The number of ether oxygens (including phenoxy) is 1. The molecule has 0 aliphatic carbocycles. The number of carbonyl (C=O) groups excluding carboxylic acids is 1. The highest BCUT2D eigenvalue weighted by Crippen LogP contribution is 2.28. The van der Waals surface area contributed by atoms with Crippen molar-refractivity contribution >= 4 is 11.9 Å². The van der Waals surface area contributed by atoms with Crippen molar-refractivity contribution in [3.8, 4) is 28.3 Å². The van der Waals surface area contributed by atoms with Gasteiger partial charge in [-0.05, 0) is 42.0 Å². The van der Waals surface area contributed by atoms with E-state index in [1.54, 1.807) is 35.3 Å². The number of anilines is 1. The average Bonchev–Trinajstić information content (AvgIpc) is 3.33. The van der Waals surface area contributed by atoms with Crippen molar-refractivity contribution in [2.75, 3.05) is 31.1 Å². The summed E-state index contributed by atoms with van der Waals surface area (Å²) >= 11 is 0. The second-order valence-electron chi connectivity index (χ2n) is 8.26. The summed E-state index contributed by atoms with van der Waals surface area (Å²) < 4.78 is 31.1. The lowest BCUT2D eigenvalue weighted by Gasteiger charge is -2.34. The summed E-state index contributed by atoms with van der Waals surface area (Å²) in [5.74, 6) is 0.709. The van der Waals surface area contributed by atoms with Crippen LogP contribution in [0.15, 0.2) is 79.1 Å². The molecule has 1 fully saturated rings. The van der Waals surface area contributed by atoms with E-state index in [4.69, 9.17) is 5.10 Å². The molecule has 5 rings (SSSR count). The Bertz CT molecular complexity index is 1290. The molecule has 1 amide bonds. The van der Waals surface area contributed by atoms with Gasteiger partial charge in [-0.1, -0.05) is 30.3 Å². The van der Waals surface area contributed by atoms with Gasteiger partial charge in [-0.3, -0.25) is 9.48 Å². The monoisotopic (exact) mass is 490 g/mol. The van der Waals surface area contributed by atoms with Gasteiger partial charge in [0, 0.05) is 44.1 Å². The van der Waals surface area contributed by atoms with E-state index in [1.165, 1.54) is 12.1 Å². The highest BCUT2D eigenvalue weighted by atomic mass is 19.3. The summed E-state index contributed by atoms with van der Waals surface area (Å²) in [5.41, 5.74) is 3.09. The average molecular weight is 491 g/mol. The smallest absolute Gasteiger partial charge is 0.387 e. The van der Waals surface area contributed by atoms with E-state index < -0.39 is 6.61 Å². The first-order valence-electron chi connectivity index (χ1n) is 11.5. The number of alkyl halides is 2. The van der Waals surface area contributed by atoms with Gasteiger partial charge in [0.25, 0.3) is 0 Å². The van der Waals surface area contributed by atoms with Gasteiger partial charge in [0.2, 0.25) is 11.9 Å². The molecular weight excluding hydrogens is 466 g/mol. The molecule has 0 atom stereocenters. The number of carbonyl (C=O) groups is 1. The fraction of sp³-hybridized carbons (Fsp3) is 0.231. The van der Waals surface area contributed by atoms with E-state index in [9.17, 15) is 13.6 Å². The Kier molecular flexibility index (Phi) is 6.83. The summed E-state index contributed by atoms with van der Waals surface area (Å²) in [5, 5.41) is 4.69. The van der Waals surface area contributed by atoms with Crippen LogP contribution in [0.5, 0.6) is 5.75 Å². The molecule has 10 heteroatoms. The lowest BCUT2D eigenvalue weighted by Crippen LogP contribution is -2.50. The maximum atomic E-state index is 13.2. The van der Waals surface area contributed by atoms with Gasteiger partial charge in [-0.2, -0.15) is 13.9 Å². The molecule has 0 spiro atoms. The first-order valence-corrected chi connectivity index (χ1v) is 11.5. The molecule has 2 aromatic carbocycles. The van der Waals surface area contributed by atoms with E-state index in [-0.39, 0.29) is 18.2 Å². The summed E-state index contributed by atoms with van der Waals surface area (Å²) in [4.78, 5) is 25.7. The highest BCUT2D eigenvalue weighted by Gasteiger charge is 2.24. The van der Waals surface area contributed by atoms with Crippen LogP contribution in [-0.4, -0.2) is 63.3 Å². The van der Waals surface area contributed by atoms with Crippen LogP contribution in [-0.2, 0) is 11.3 Å². The molecule has 8 nitrogen and oxygen atoms in total. The van der Waals surface area contributed by atoms with Crippen LogP contribution in [0.2, 0.25) is 0 Å². The molecule has 1 aliphatic heterocycles. The number of benzene rings is 2. The van der Waals surface area contributed by atoms with Gasteiger partial charge < -0.3 is 14.5 Å². The molecule has 1 saturated heterocycles. The zero-order valence-corrected chi connectivity index (χ0v) is 19.4. The molecule has 4 aromatic rings. The zero-order valence-electron chi connectivity index (χ0n) is 19.4. The number of nitrogens with zero attached hydrogens (tertiary/aromatic N) is 6. The summed E-state index contributed by atoms with van der Waals surface area (Å²) in [6, 6.07) is 19.7. The lowest BCUT2D eigenvalue weighted by molar-refractivity contribution is -0.132. The number of rotatable bonds is 7. The first-order chi connectivity index (χ1) is 17.6. The van der Waals surface area contributed by atoms with Crippen LogP contribution in [0.1, 0.15) is 0 Å². The Morgan fingerprint density at radius 2 is 1.58 bits per heavy atom. The summed E-state index contributed by atoms with van der Waals surface area (Å²) in [6.45, 7) is -0.363. The highest BCUT2D eigenvalue weighted by molar-refractivity contribution is 5.78. The third-order valence-corrected chi connectivity index (χ3v) is 5.98. The SMILES string of the molecule is O=C(Cn1nc(-c2ccc(OC(F)F)cc2)cc1-c1ccccc1)N1CCN(c2ncccn2)CC1. The number of hydrogen-bond acceptors (Lipinski definition) is 6. The normalized spacial score (nSPS) is 13.8. The minimum atomic E-state index is -2.88. The lowest BCUT2D eigenvalue weighted by atomic mass is 10.1. The van der Waals surface area contributed by atoms with E-state index in [2.05, 4.69) is 19.6 Å². The van der Waals surface area contributed by atoms with Crippen molar-refractivity contribution in [2.45, 2.75) is 13.2 Å². The Hall–Kier alpha value is -4.34. The van der Waals surface area contributed by atoms with Crippen molar-refractivity contribution in [1.82, 2.24) is 24.6 Å². The molecule has 36 heavy (non-hydrogen) atoms. The minimum Gasteiger partial charge on any atom is -0.435 e. The second-order valence-corrected chi connectivity index (χ2v) is 8.26.